The van der Waals surface area contributed by atoms with Gasteiger partial charge in [-0.25, -0.2) is 0 Å². The summed E-state index contributed by atoms with van der Waals surface area (Å²) in [4.78, 5) is 23.6. The monoisotopic (exact) mass is 357 g/mol. The van der Waals surface area contributed by atoms with E-state index in [9.17, 15) is 23.1 Å². The first-order valence-corrected chi connectivity index (χ1v) is 9.16. The molecule has 0 saturated heterocycles. The predicted octanol–water partition coefficient (Wildman–Crippen LogP) is 0.613. The molecule has 1 N–H and O–H groups in total. The molecule has 0 amide bonds. The van der Waals surface area contributed by atoms with E-state index in [1.165, 1.54) is 6.92 Å². The van der Waals surface area contributed by atoms with Crippen molar-refractivity contribution in [2.45, 2.75) is 26.2 Å². The Labute approximate surface area is 141 Å². The Balaban J connectivity index is 2.89. The van der Waals surface area contributed by atoms with E-state index in [-0.39, 0.29) is 0 Å². The molecule has 0 heterocycles. The summed E-state index contributed by atoms with van der Waals surface area (Å²) in [5.74, 6) is -5.54. The van der Waals surface area contributed by atoms with Gasteiger partial charge in [-0.05, 0) is 17.9 Å². The van der Waals surface area contributed by atoms with Gasteiger partial charge >= 0.3 is 5.97 Å². The Kier molecular flexibility index (Phi) is 7.37. The molecule has 0 fully saturated rings. The molecule has 1 rings (SSSR count). The third-order valence-corrected chi connectivity index (χ3v) is 4.55. The van der Waals surface area contributed by atoms with Gasteiger partial charge in [0.25, 0.3) is 10.1 Å². The van der Waals surface area contributed by atoms with Crippen molar-refractivity contribution in [1.82, 2.24) is 0 Å². The van der Waals surface area contributed by atoms with Crippen molar-refractivity contribution in [1.29, 1.82) is 0 Å². The van der Waals surface area contributed by atoms with Crippen molar-refractivity contribution < 1.29 is 32.4 Å². The van der Waals surface area contributed by atoms with E-state index < -0.39 is 52.2 Å². The summed E-state index contributed by atoms with van der Waals surface area (Å²) >= 11 is 0. The zero-order chi connectivity index (χ0) is 18.3. The van der Waals surface area contributed by atoms with Gasteiger partial charge < -0.3 is 14.6 Å². The van der Waals surface area contributed by atoms with Crippen molar-refractivity contribution in [2.24, 2.45) is 11.8 Å². The standard InChI is InChI=1S/C16H22O7S/c1-3-13(12-7-5-4-6-8-12)14(15(17)18)11(2)16(19)23-9-10-24(20,21)22/h4-8,11,13-14H,3,9-10H2,1-2H3,(H,17,18)(H,20,21,22)/p-1. The van der Waals surface area contributed by atoms with Crippen LogP contribution in [-0.4, -0.2) is 37.3 Å². The molecule has 0 aliphatic carbocycles. The molecule has 0 aromatic heterocycles. The molecule has 24 heavy (non-hydrogen) atoms. The van der Waals surface area contributed by atoms with Crippen LogP contribution in [0.4, 0.5) is 0 Å². The summed E-state index contributed by atoms with van der Waals surface area (Å²) in [5, 5.41) is 11.6. The molecule has 1 aromatic carbocycles. The molecule has 134 valence electrons. The van der Waals surface area contributed by atoms with Crippen LogP contribution >= 0.6 is 0 Å². The van der Waals surface area contributed by atoms with E-state index in [4.69, 9.17) is 9.29 Å². The first-order chi connectivity index (χ1) is 11.2. The van der Waals surface area contributed by atoms with Crippen molar-refractivity contribution in [2.75, 3.05) is 12.4 Å². The maximum absolute atomic E-state index is 12.0. The number of carbonyl (C=O) groups is 2. The summed E-state index contributed by atoms with van der Waals surface area (Å²) in [5.41, 5.74) is 0.770. The van der Waals surface area contributed by atoms with Crippen LogP contribution < -0.4 is 5.11 Å². The van der Waals surface area contributed by atoms with Crippen molar-refractivity contribution in [3.8, 4) is 0 Å². The molecule has 1 aromatic rings. The van der Waals surface area contributed by atoms with E-state index in [2.05, 4.69) is 0 Å². The van der Waals surface area contributed by atoms with Crippen LogP contribution in [0.3, 0.4) is 0 Å². The number of rotatable bonds is 9. The highest BCUT2D eigenvalue weighted by atomic mass is 32.2. The fraction of sp³-hybridized carbons (Fsp3) is 0.500. The number of carbonyl (C=O) groups excluding carboxylic acids is 2. The minimum Gasteiger partial charge on any atom is -0.550 e. The number of carboxylic acid groups (broad SMARTS) is 1. The first-order valence-electron chi connectivity index (χ1n) is 7.55. The molecule has 0 radical (unpaired) electrons. The van der Waals surface area contributed by atoms with Crippen LogP contribution in [0.5, 0.6) is 0 Å². The number of hydrogen-bond acceptors (Lipinski definition) is 6. The maximum atomic E-state index is 12.0. The summed E-state index contributed by atoms with van der Waals surface area (Å²) < 4.78 is 34.6. The molecular formula is C16H21O7S-. The minimum atomic E-state index is -4.25. The van der Waals surface area contributed by atoms with Gasteiger partial charge in [0.2, 0.25) is 0 Å². The second kappa shape index (κ2) is 8.79. The van der Waals surface area contributed by atoms with Crippen LogP contribution in [0.1, 0.15) is 31.7 Å². The van der Waals surface area contributed by atoms with E-state index >= 15 is 0 Å². The third-order valence-electron chi connectivity index (χ3n) is 3.87. The van der Waals surface area contributed by atoms with E-state index in [0.717, 1.165) is 5.56 Å². The van der Waals surface area contributed by atoms with Gasteiger partial charge in [0, 0.05) is 11.9 Å². The number of hydrogen-bond donors (Lipinski definition) is 1. The fourth-order valence-corrected chi connectivity index (χ4v) is 2.93. The first kappa shape index (κ1) is 20.1. The van der Waals surface area contributed by atoms with Crippen molar-refractivity contribution >= 4 is 22.1 Å². The second-order valence-corrected chi connectivity index (χ2v) is 7.08. The lowest BCUT2D eigenvalue weighted by Gasteiger charge is -2.31. The molecule has 0 bridgehead atoms. The zero-order valence-corrected chi connectivity index (χ0v) is 14.4. The average Bonchev–Trinajstić information content (AvgIpc) is 2.51. The number of esters is 1. The molecule has 0 aliphatic rings. The van der Waals surface area contributed by atoms with Crippen molar-refractivity contribution in [3.63, 3.8) is 0 Å². The third kappa shape index (κ3) is 5.93. The zero-order valence-electron chi connectivity index (χ0n) is 13.5. The average molecular weight is 357 g/mol. The van der Waals surface area contributed by atoms with Gasteiger partial charge in [0.05, 0.1) is 5.92 Å². The Morgan fingerprint density at radius 2 is 1.83 bits per heavy atom. The van der Waals surface area contributed by atoms with Gasteiger partial charge in [0.1, 0.15) is 12.4 Å². The molecule has 0 saturated carbocycles. The van der Waals surface area contributed by atoms with Gasteiger partial charge in [0.15, 0.2) is 0 Å². The Morgan fingerprint density at radius 1 is 1.25 bits per heavy atom. The summed E-state index contributed by atoms with van der Waals surface area (Å²) in [7, 11) is -4.25. The highest BCUT2D eigenvalue weighted by Gasteiger charge is 2.33. The maximum Gasteiger partial charge on any atom is 0.309 e. The molecule has 0 aliphatic heterocycles. The molecular weight excluding hydrogens is 336 g/mol. The Bertz CT molecular complexity index is 654. The largest absolute Gasteiger partial charge is 0.550 e. The lowest BCUT2D eigenvalue weighted by atomic mass is 9.77. The molecule has 3 atom stereocenters. The second-order valence-electron chi connectivity index (χ2n) is 5.51. The van der Waals surface area contributed by atoms with E-state index in [1.54, 1.807) is 30.3 Å². The van der Waals surface area contributed by atoms with Crippen LogP contribution in [0.2, 0.25) is 0 Å². The SMILES string of the molecule is CCC(c1ccccc1)C(C(=O)[O-])C(C)C(=O)OCCS(=O)(=O)O. The molecule has 8 heteroatoms. The summed E-state index contributed by atoms with van der Waals surface area (Å²) in [6.07, 6.45) is 0.477. The van der Waals surface area contributed by atoms with Gasteiger partial charge in [-0.15, -0.1) is 0 Å². The molecule has 3 unspecified atom stereocenters. The predicted molar refractivity (Wildman–Crippen MR) is 84.5 cm³/mol. The lowest BCUT2D eigenvalue weighted by Crippen LogP contribution is -2.42. The van der Waals surface area contributed by atoms with Crippen LogP contribution in [0.15, 0.2) is 30.3 Å². The highest BCUT2D eigenvalue weighted by molar-refractivity contribution is 7.85. The fourth-order valence-electron chi connectivity index (χ4n) is 2.64. The lowest BCUT2D eigenvalue weighted by molar-refractivity contribution is -0.314. The highest BCUT2D eigenvalue weighted by Crippen LogP contribution is 2.33. The summed E-state index contributed by atoms with van der Waals surface area (Å²) in [6.45, 7) is 2.68. The number of carboxylic acids is 1. The van der Waals surface area contributed by atoms with Crippen LogP contribution in [-0.2, 0) is 24.4 Å². The minimum absolute atomic E-state index is 0.444. The van der Waals surface area contributed by atoms with E-state index in [0.29, 0.717) is 6.42 Å². The number of aliphatic carboxylic acids is 1. The van der Waals surface area contributed by atoms with Gasteiger partial charge in [-0.2, -0.15) is 8.42 Å². The van der Waals surface area contributed by atoms with Crippen molar-refractivity contribution in [3.05, 3.63) is 35.9 Å². The number of benzene rings is 1. The Hall–Kier alpha value is -1.93. The smallest absolute Gasteiger partial charge is 0.309 e. The van der Waals surface area contributed by atoms with Crippen LogP contribution in [0.25, 0.3) is 0 Å². The normalized spacial score (nSPS) is 15.3. The molecule has 7 nitrogen and oxygen atoms in total. The number of ether oxygens (including phenoxy) is 1. The van der Waals surface area contributed by atoms with Gasteiger partial charge in [-0.3, -0.25) is 9.35 Å². The topological polar surface area (TPSA) is 121 Å². The molecule has 0 spiro atoms. The quantitative estimate of drug-likeness (QED) is 0.508. The Morgan fingerprint density at radius 3 is 2.29 bits per heavy atom. The summed E-state index contributed by atoms with van der Waals surface area (Å²) in [6, 6.07) is 8.91. The van der Waals surface area contributed by atoms with Crippen LogP contribution in [0, 0.1) is 11.8 Å². The van der Waals surface area contributed by atoms with E-state index in [1.807, 2.05) is 6.92 Å². The van der Waals surface area contributed by atoms with Gasteiger partial charge in [-0.1, -0.05) is 44.2 Å².